The predicted molar refractivity (Wildman–Crippen MR) is 80.9 cm³/mol. The van der Waals surface area contributed by atoms with Crippen molar-refractivity contribution in [1.29, 1.82) is 0 Å². The molecule has 0 atom stereocenters. The van der Waals surface area contributed by atoms with E-state index in [4.69, 9.17) is 11.6 Å². The lowest BCUT2D eigenvalue weighted by Gasteiger charge is -1.96. The third-order valence-corrected chi connectivity index (χ3v) is 3.00. The molecule has 0 aromatic heterocycles. The van der Waals surface area contributed by atoms with Gasteiger partial charge in [-0.3, -0.25) is 4.79 Å². The molecule has 19 heavy (non-hydrogen) atoms. The maximum absolute atomic E-state index is 11.7. The SMILES string of the molecule is C/C=C\C(Cl)=C(/C)C(=O)C#CCCc1ccccc1. The molecule has 0 saturated heterocycles. The summed E-state index contributed by atoms with van der Waals surface area (Å²) < 4.78 is 0. The minimum absolute atomic E-state index is 0.212. The van der Waals surface area contributed by atoms with Crippen molar-refractivity contribution in [2.45, 2.75) is 26.7 Å². The van der Waals surface area contributed by atoms with Crippen molar-refractivity contribution < 1.29 is 4.79 Å². The largest absolute Gasteiger partial charge is 0.280 e. The first-order valence-corrected chi connectivity index (χ1v) is 6.59. The number of halogens is 1. The number of carbonyl (C=O) groups is 1. The second kappa shape index (κ2) is 8.34. The third kappa shape index (κ3) is 5.59. The molecule has 1 aromatic carbocycles. The van der Waals surface area contributed by atoms with E-state index in [1.54, 1.807) is 19.1 Å². The van der Waals surface area contributed by atoms with Crippen LogP contribution in [-0.2, 0) is 11.2 Å². The van der Waals surface area contributed by atoms with Crippen LogP contribution < -0.4 is 0 Å². The van der Waals surface area contributed by atoms with E-state index >= 15 is 0 Å². The summed E-state index contributed by atoms with van der Waals surface area (Å²) in [7, 11) is 0. The van der Waals surface area contributed by atoms with Gasteiger partial charge in [-0.1, -0.05) is 53.9 Å². The second-order valence-electron chi connectivity index (χ2n) is 4.09. The highest BCUT2D eigenvalue weighted by molar-refractivity contribution is 6.34. The maximum Gasteiger partial charge on any atom is 0.233 e. The monoisotopic (exact) mass is 272 g/mol. The molecule has 0 bridgehead atoms. The molecule has 0 saturated carbocycles. The molecule has 0 spiro atoms. The maximum atomic E-state index is 11.7. The molecule has 1 nitrogen and oxygen atoms in total. The zero-order valence-electron chi connectivity index (χ0n) is 11.2. The van der Waals surface area contributed by atoms with Crippen LogP contribution in [0.4, 0.5) is 0 Å². The van der Waals surface area contributed by atoms with Crippen molar-refractivity contribution in [3.63, 3.8) is 0 Å². The smallest absolute Gasteiger partial charge is 0.233 e. The van der Waals surface area contributed by atoms with Crippen molar-refractivity contribution in [2.24, 2.45) is 0 Å². The molecule has 0 aliphatic heterocycles. The summed E-state index contributed by atoms with van der Waals surface area (Å²) in [5.41, 5.74) is 1.72. The van der Waals surface area contributed by atoms with Gasteiger partial charge in [-0.15, -0.1) is 0 Å². The van der Waals surface area contributed by atoms with Crippen LogP contribution in [0.15, 0.2) is 53.1 Å². The van der Waals surface area contributed by atoms with Crippen LogP contribution in [0, 0.1) is 11.8 Å². The van der Waals surface area contributed by atoms with Crippen molar-refractivity contribution in [3.8, 4) is 11.8 Å². The summed E-state index contributed by atoms with van der Waals surface area (Å²) in [4.78, 5) is 11.7. The Bertz CT molecular complexity index is 542. The summed E-state index contributed by atoms with van der Waals surface area (Å²) in [5.74, 6) is 5.31. The van der Waals surface area contributed by atoms with Crippen LogP contribution in [0.1, 0.15) is 25.8 Å². The van der Waals surface area contributed by atoms with E-state index in [2.05, 4.69) is 24.0 Å². The molecule has 0 N–H and O–H groups in total. The molecule has 2 heteroatoms. The quantitative estimate of drug-likeness (QED) is 0.346. The molecular formula is C17H17ClO. The Labute approximate surface area is 120 Å². The Balaban J connectivity index is 2.55. The van der Waals surface area contributed by atoms with Gasteiger partial charge in [0.2, 0.25) is 5.78 Å². The summed E-state index contributed by atoms with van der Waals surface area (Å²) >= 11 is 5.94. The van der Waals surface area contributed by atoms with E-state index in [0.29, 0.717) is 17.0 Å². The van der Waals surface area contributed by atoms with E-state index in [-0.39, 0.29) is 5.78 Å². The Kier molecular flexibility index (Phi) is 6.71. The molecule has 0 aliphatic rings. The van der Waals surface area contributed by atoms with Crippen LogP contribution in [-0.4, -0.2) is 5.78 Å². The lowest BCUT2D eigenvalue weighted by Crippen LogP contribution is -1.96. The molecule has 0 unspecified atom stereocenters. The second-order valence-corrected chi connectivity index (χ2v) is 4.50. The zero-order valence-corrected chi connectivity index (χ0v) is 12.0. The number of Topliss-reactive ketones (excluding diaryl/α,β-unsaturated/α-hetero) is 1. The number of hydrogen-bond donors (Lipinski definition) is 0. The standard InChI is InChI=1S/C17H17ClO/c1-3-9-16(18)14(2)17(19)13-8-7-12-15-10-5-4-6-11-15/h3-6,9-11H,7,12H2,1-2H3/b9-3-,16-14-. The Morgan fingerprint density at radius 1 is 1.32 bits per heavy atom. The van der Waals surface area contributed by atoms with Gasteiger partial charge >= 0.3 is 0 Å². The third-order valence-electron chi connectivity index (χ3n) is 2.60. The fourth-order valence-electron chi connectivity index (χ4n) is 1.47. The Morgan fingerprint density at radius 3 is 2.63 bits per heavy atom. The molecule has 0 heterocycles. The van der Waals surface area contributed by atoms with Gasteiger partial charge in [0.05, 0.1) is 0 Å². The van der Waals surface area contributed by atoms with E-state index in [1.807, 2.05) is 25.1 Å². The number of aryl methyl sites for hydroxylation is 1. The first kappa shape index (κ1) is 15.3. The van der Waals surface area contributed by atoms with E-state index < -0.39 is 0 Å². The van der Waals surface area contributed by atoms with Gasteiger partial charge in [0, 0.05) is 17.0 Å². The zero-order chi connectivity index (χ0) is 14.1. The topological polar surface area (TPSA) is 17.1 Å². The van der Waals surface area contributed by atoms with Crippen molar-refractivity contribution in [2.75, 3.05) is 0 Å². The lowest BCUT2D eigenvalue weighted by molar-refractivity contribution is -0.110. The van der Waals surface area contributed by atoms with Gasteiger partial charge in [0.15, 0.2) is 0 Å². The normalized spacial score (nSPS) is 11.7. The average Bonchev–Trinajstić information content (AvgIpc) is 2.44. The minimum Gasteiger partial charge on any atom is -0.280 e. The molecule has 1 aromatic rings. The highest BCUT2D eigenvalue weighted by Crippen LogP contribution is 2.11. The van der Waals surface area contributed by atoms with Crippen LogP contribution in [0.5, 0.6) is 0 Å². The number of carbonyl (C=O) groups excluding carboxylic acids is 1. The molecule has 1 rings (SSSR count). The Hall–Kier alpha value is -1.78. The van der Waals surface area contributed by atoms with Gasteiger partial charge in [-0.05, 0) is 37.8 Å². The van der Waals surface area contributed by atoms with Gasteiger partial charge < -0.3 is 0 Å². The molecule has 0 amide bonds. The average molecular weight is 273 g/mol. The van der Waals surface area contributed by atoms with Gasteiger partial charge in [0.1, 0.15) is 0 Å². The van der Waals surface area contributed by atoms with Gasteiger partial charge in [0.25, 0.3) is 0 Å². The van der Waals surface area contributed by atoms with Crippen LogP contribution >= 0.6 is 11.6 Å². The van der Waals surface area contributed by atoms with E-state index in [0.717, 1.165) is 6.42 Å². The number of rotatable bonds is 4. The summed E-state index contributed by atoms with van der Waals surface area (Å²) in [6, 6.07) is 10.1. The first-order valence-electron chi connectivity index (χ1n) is 6.21. The fourth-order valence-corrected chi connectivity index (χ4v) is 1.68. The summed E-state index contributed by atoms with van der Waals surface area (Å²) in [6.07, 6.45) is 5.01. The highest BCUT2D eigenvalue weighted by Gasteiger charge is 2.03. The van der Waals surface area contributed by atoms with Crippen LogP contribution in [0.2, 0.25) is 0 Å². The van der Waals surface area contributed by atoms with Crippen LogP contribution in [0.3, 0.4) is 0 Å². The summed E-state index contributed by atoms with van der Waals surface area (Å²) in [6.45, 7) is 3.54. The fraction of sp³-hybridized carbons (Fsp3) is 0.235. The van der Waals surface area contributed by atoms with Gasteiger partial charge in [-0.2, -0.15) is 0 Å². The van der Waals surface area contributed by atoms with Crippen molar-refractivity contribution >= 4 is 17.4 Å². The number of ketones is 1. The molecule has 98 valence electrons. The minimum atomic E-state index is -0.212. The molecule has 0 aliphatic carbocycles. The molecule has 0 fully saturated rings. The lowest BCUT2D eigenvalue weighted by atomic mass is 10.1. The molecule has 0 radical (unpaired) electrons. The van der Waals surface area contributed by atoms with Gasteiger partial charge in [-0.25, -0.2) is 0 Å². The van der Waals surface area contributed by atoms with E-state index in [1.165, 1.54) is 5.56 Å². The van der Waals surface area contributed by atoms with E-state index in [9.17, 15) is 4.79 Å². The molecular weight excluding hydrogens is 256 g/mol. The number of allylic oxidation sites excluding steroid dienone is 4. The number of hydrogen-bond acceptors (Lipinski definition) is 1. The van der Waals surface area contributed by atoms with Crippen molar-refractivity contribution in [1.82, 2.24) is 0 Å². The van der Waals surface area contributed by atoms with Crippen LogP contribution in [0.25, 0.3) is 0 Å². The summed E-state index contributed by atoms with van der Waals surface area (Å²) in [5, 5.41) is 0.449. The van der Waals surface area contributed by atoms with Crippen molar-refractivity contribution in [3.05, 3.63) is 58.7 Å². The predicted octanol–water partition coefficient (Wildman–Crippen LogP) is 4.28. The first-order chi connectivity index (χ1) is 9.15. The Morgan fingerprint density at radius 2 is 2.00 bits per heavy atom. The highest BCUT2D eigenvalue weighted by atomic mass is 35.5. The number of benzene rings is 1.